The summed E-state index contributed by atoms with van der Waals surface area (Å²) in [6.45, 7) is 7.34. The Labute approximate surface area is 272 Å². The van der Waals surface area contributed by atoms with Crippen LogP contribution in [0.3, 0.4) is 0 Å². The lowest BCUT2D eigenvalue weighted by molar-refractivity contribution is 0.466. The molecule has 9 rings (SSSR count). The van der Waals surface area contributed by atoms with Gasteiger partial charge in [-0.05, 0) is 72.4 Å². The van der Waals surface area contributed by atoms with Gasteiger partial charge in [-0.1, -0.05) is 129 Å². The van der Waals surface area contributed by atoms with Gasteiger partial charge in [-0.2, -0.15) is 0 Å². The molecule has 2 nitrogen and oxygen atoms in total. The van der Waals surface area contributed by atoms with Crippen LogP contribution in [0.1, 0.15) is 33.6 Å². The minimum Gasteiger partial charge on any atom is -0.334 e. The van der Waals surface area contributed by atoms with Gasteiger partial charge in [0.2, 0.25) is 0 Å². The average molecular weight is 597 g/mol. The van der Waals surface area contributed by atoms with Gasteiger partial charge in [-0.3, -0.25) is 0 Å². The highest BCUT2D eigenvalue weighted by molar-refractivity contribution is 6.10. The summed E-state index contributed by atoms with van der Waals surface area (Å²) >= 11 is 0. The number of fused-ring (bicyclic) bond motifs is 6. The lowest BCUT2D eigenvalue weighted by Gasteiger charge is -2.42. The van der Waals surface area contributed by atoms with Crippen LogP contribution in [0.15, 0.2) is 168 Å². The van der Waals surface area contributed by atoms with Crippen molar-refractivity contribution in [1.29, 1.82) is 0 Å². The molecule has 0 amide bonds. The molecular weight excluding hydrogens is 556 g/mol. The van der Waals surface area contributed by atoms with Crippen molar-refractivity contribution < 1.29 is 0 Å². The third-order valence-corrected chi connectivity index (χ3v) is 11.2. The monoisotopic (exact) mass is 596 g/mol. The molecule has 46 heavy (non-hydrogen) atoms. The minimum absolute atomic E-state index is 0.0321. The molecule has 4 unspecified atom stereocenters. The summed E-state index contributed by atoms with van der Waals surface area (Å²) < 4.78 is 2.41. The van der Waals surface area contributed by atoms with Crippen LogP contribution in [0.2, 0.25) is 0 Å². The standard InChI is InChI=1S/C44H40N2/c1-29-26-33(28-39-43(29)36-20-9-11-21-38(36)44(39,2)3)45(40-23-13-15-30-14-7-8-18-34(30)40)32-24-25-42-37(27-32)35-19-10-12-22-41(35)46(42)31-16-5-4-6-17-31/h4-8,10-19,21-29,34,40,43H,9,20H2,1-3H3. The fourth-order valence-electron chi connectivity index (χ4n) is 9.10. The molecule has 0 saturated heterocycles. The lowest BCUT2D eigenvalue weighted by Crippen LogP contribution is -2.41. The normalized spacial score (nSPS) is 25.7. The van der Waals surface area contributed by atoms with Crippen LogP contribution in [0.5, 0.6) is 0 Å². The molecule has 4 aromatic rings. The van der Waals surface area contributed by atoms with Gasteiger partial charge in [-0.15, -0.1) is 0 Å². The molecule has 0 aliphatic heterocycles. The van der Waals surface area contributed by atoms with Gasteiger partial charge in [0.25, 0.3) is 0 Å². The Kier molecular flexibility index (Phi) is 6.19. The van der Waals surface area contributed by atoms with E-state index in [4.69, 9.17) is 0 Å². The van der Waals surface area contributed by atoms with E-state index < -0.39 is 0 Å². The zero-order chi connectivity index (χ0) is 31.0. The number of anilines is 1. The molecule has 3 aromatic carbocycles. The third kappa shape index (κ3) is 4.02. The molecule has 0 bridgehead atoms. The Morgan fingerprint density at radius 2 is 1.65 bits per heavy atom. The first-order valence-electron chi connectivity index (χ1n) is 17.0. The van der Waals surface area contributed by atoms with Crippen molar-refractivity contribution in [2.45, 2.75) is 39.7 Å². The van der Waals surface area contributed by atoms with Crippen LogP contribution in [0, 0.1) is 23.2 Å². The Bertz CT molecular complexity index is 2150. The molecule has 0 spiro atoms. The topological polar surface area (TPSA) is 8.17 Å². The summed E-state index contributed by atoms with van der Waals surface area (Å²) in [4.78, 5) is 2.65. The first-order valence-corrected chi connectivity index (χ1v) is 17.0. The average Bonchev–Trinajstić information content (AvgIpc) is 3.54. The highest BCUT2D eigenvalue weighted by Crippen LogP contribution is 2.58. The van der Waals surface area contributed by atoms with E-state index in [9.17, 15) is 0 Å². The summed E-state index contributed by atoms with van der Waals surface area (Å²) in [7, 11) is 0. The van der Waals surface area contributed by atoms with Crippen molar-refractivity contribution in [2.24, 2.45) is 23.2 Å². The Morgan fingerprint density at radius 3 is 2.54 bits per heavy atom. The van der Waals surface area contributed by atoms with Crippen molar-refractivity contribution in [3.05, 3.63) is 168 Å². The van der Waals surface area contributed by atoms with Crippen molar-refractivity contribution >= 4 is 27.5 Å². The maximum absolute atomic E-state index is 2.65. The van der Waals surface area contributed by atoms with Crippen molar-refractivity contribution in [2.75, 3.05) is 4.90 Å². The molecule has 2 heteroatoms. The van der Waals surface area contributed by atoms with Gasteiger partial charge in [0.05, 0.1) is 17.1 Å². The number of allylic oxidation sites excluding steroid dienone is 12. The van der Waals surface area contributed by atoms with Gasteiger partial charge in [-0.25, -0.2) is 0 Å². The second kappa shape index (κ2) is 10.4. The molecule has 0 radical (unpaired) electrons. The maximum atomic E-state index is 2.65. The van der Waals surface area contributed by atoms with Crippen LogP contribution >= 0.6 is 0 Å². The molecule has 4 atom stereocenters. The third-order valence-electron chi connectivity index (χ3n) is 11.2. The van der Waals surface area contributed by atoms with Crippen LogP contribution in [0.4, 0.5) is 5.69 Å². The van der Waals surface area contributed by atoms with Crippen LogP contribution in [0.25, 0.3) is 27.5 Å². The van der Waals surface area contributed by atoms with Crippen LogP contribution < -0.4 is 4.90 Å². The van der Waals surface area contributed by atoms with Gasteiger partial charge >= 0.3 is 0 Å². The van der Waals surface area contributed by atoms with E-state index in [1.165, 1.54) is 50.9 Å². The predicted octanol–water partition coefficient (Wildman–Crippen LogP) is 11.0. The Morgan fingerprint density at radius 1 is 0.826 bits per heavy atom. The van der Waals surface area contributed by atoms with E-state index in [0.717, 1.165) is 6.42 Å². The van der Waals surface area contributed by atoms with E-state index in [1.54, 1.807) is 16.7 Å². The summed E-state index contributed by atoms with van der Waals surface area (Å²) in [6.07, 6.45) is 28.3. The van der Waals surface area contributed by atoms with Crippen molar-refractivity contribution in [3.8, 4) is 5.69 Å². The van der Waals surface area contributed by atoms with Crippen molar-refractivity contribution in [1.82, 2.24) is 4.57 Å². The molecule has 0 saturated carbocycles. The zero-order valence-corrected chi connectivity index (χ0v) is 26.9. The fourth-order valence-corrected chi connectivity index (χ4v) is 9.10. The number of hydrogen-bond donors (Lipinski definition) is 0. The lowest BCUT2D eigenvalue weighted by atomic mass is 9.73. The van der Waals surface area contributed by atoms with E-state index in [0.29, 0.717) is 11.8 Å². The molecule has 1 heterocycles. The first-order chi connectivity index (χ1) is 22.5. The summed E-state index contributed by atoms with van der Waals surface area (Å²) in [5.74, 6) is 1.22. The number of rotatable bonds is 4. The molecule has 0 fully saturated rings. The molecular formula is C44H40N2. The maximum Gasteiger partial charge on any atom is 0.0628 e. The number of benzene rings is 3. The van der Waals surface area contributed by atoms with Crippen LogP contribution in [-0.2, 0) is 0 Å². The number of aromatic nitrogens is 1. The summed E-state index contributed by atoms with van der Waals surface area (Å²) in [5, 5.41) is 2.57. The SMILES string of the molecule is CC1C=C(N(c2ccc3c(c2)c2ccccc2n3-c2ccccc2)C2C=CC=C3C=CC=CC32)C=C2C1C1=C(C=CCC1)C2(C)C. The minimum atomic E-state index is 0.0321. The van der Waals surface area contributed by atoms with Gasteiger partial charge < -0.3 is 9.47 Å². The second-order valence-corrected chi connectivity index (χ2v) is 14.1. The van der Waals surface area contributed by atoms with Gasteiger partial charge in [0.15, 0.2) is 0 Å². The molecule has 5 aliphatic rings. The van der Waals surface area contributed by atoms with Gasteiger partial charge in [0, 0.05) is 45.1 Å². The summed E-state index contributed by atoms with van der Waals surface area (Å²) in [6, 6.07) is 26.9. The molecule has 1 aromatic heterocycles. The quantitative estimate of drug-likeness (QED) is 0.227. The Hall–Kier alpha value is -4.82. The van der Waals surface area contributed by atoms with Crippen molar-refractivity contribution in [3.63, 3.8) is 0 Å². The number of nitrogens with zero attached hydrogens (tertiary/aromatic N) is 2. The highest BCUT2D eigenvalue weighted by atomic mass is 15.2. The predicted molar refractivity (Wildman–Crippen MR) is 194 cm³/mol. The molecule has 226 valence electrons. The number of hydrogen-bond acceptors (Lipinski definition) is 1. The first kappa shape index (κ1) is 27.5. The molecule has 5 aliphatic carbocycles. The second-order valence-electron chi connectivity index (χ2n) is 14.1. The van der Waals surface area contributed by atoms with E-state index >= 15 is 0 Å². The van der Waals surface area contributed by atoms with E-state index in [-0.39, 0.29) is 17.4 Å². The molecule has 0 N–H and O–H groups in total. The zero-order valence-electron chi connectivity index (χ0n) is 26.9. The summed E-state index contributed by atoms with van der Waals surface area (Å²) in [5.41, 5.74) is 12.4. The fraction of sp³-hybridized carbons (Fsp3) is 0.227. The number of para-hydroxylation sites is 2. The van der Waals surface area contributed by atoms with E-state index in [2.05, 4.69) is 170 Å². The largest absolute Gasteiger partial charge is 0.334 e. The smallest absolute Gasteiger partial charge is 0.0628 e. The Balaban J connectivity index is 1.24. The van der Waals surface area contributed by atoms with Gasteiger partial charge in [0.1, 0.15) is 0 Å². The van der Waals surface area contributed by atoms with E-state index in [1.807, 2.05) is 0 Å². The van der Waals surface area contributed by atoms with Crippen LogP contribution in [-0.4, -0.2) is 10.6 Å². The highest BCUT2D eigenvalue weighted by Gasteiger charge is 2.46.